The molecule has 1 aromatic heterocycles. The number of esters is 1. The molecule has 0 radical (unpaired) electrons. The van der Waals surface area contributed by atoms with Crippen molar-refractivity contribution in [2.75, 3.05) is 14.2 Å². The summed E-state index contributed by atoms with van der Waals surface area (Å²) in [6, 6.07) is 1.50. The average molecular weight is 199 g/mol. The summed E-state index contributed by atoms with van der Waals surface area (Å²) in [7, 11) is 2.52. The maximum atomic E-state index is 11.1. The Labute approximate surface area is 80.4 Å². The van der Waals surface area contributed by atoms with Crippen LogP contribution in [-0.4, -0.2) is 31.0 Å². The van der Waals surface area contributed by atoms with Gasteiger partial charge in [0.2, 0.25) is 0 Å². The number of ether oxygens (including phenoxy) is 2. The number of hydrogen-bond donors (Lipinski definition) is 0. The number of carbonyl (C=O) groups excluding carboxylic acids is 2. The molecule has 6 nitrogen and oxygen atoms in total. The van der Waals surface area contributed by atoms with Crippen LogP contribution in [0.2, 0.25) is 0 Å². The number of rotatable bonds is 1. The minimum absolute atomic E-state index is 0.204. The van der Waals surface area contributed by atoms with Crippen LogP contribution in [0.5, 0.6) is 0 Å². The molecule has 0 unspecified atom stereocenters. The molecule has 0 saturated carbocycles. The molecule has 0 amide bonds. The van der Waals surface area contributed by atoms with Crippen molar-refractivity contribution in [3.8, 4) is 0 Å². The summed E-state index contributed by atoms with van der Waals surface area (Å²) in [4.78, 5) is 22.2. The number of H-pyrrole nitrogens is 1. The Morgan fingerprint density at radius 3 is 2.50 bits per heavy atom. The fourth-order valence-electron chi connectivity index (χ4n) is 1.01. The van der Waals surface area contributed by atoms with Crippen LogP contribution in [0.15, 0.2) is 6.07 Å². The van der Waals surface area contributed by atoms with Gasteiger partial charge in [-0.1, -0.05) is 4.68 Å². The summed E-state index contributed by atoms with van der Waals surface area (Å²) >= 11 is 0. The number of aromatic amines is 1. The Kier molecular flexibility index (Phi) is 2.85. The van der Waals surface area contributed by atoms with Crippen molar-refractivity contribution < 1.29 is 24.2 Å². The zero-order valence-corrected chi connectivity index (χ0v) is 8.16. The van der Waals surface area contributed by atoms with Gasteiger partial charge >= 0.3 is 17.8 Å². The fourth-order valence-corrected chi connectivity index (χ4v) is 1.01. The summed E-state index contributed by atoms with van der Waals surface area (Å²) in [5.74, 6) is -0.532. The number of hydrogen-bond acceptors (Lipinski definition) is 4. The Morgan fingerprint density at radius 1 is 1.36 bits per heavy atom. The number of aryl methyl sites for hydroxylation is 1. The van der Waals surface area contributed by atoms with Crippen molar-refractivity contribution in [2.45, 2.75) is 6.92 Å². The molecule has 0 aromatic carbocycles. The summed E-state index contributed by atoms with van der Waals surface area (Å²) in [6.07, 6.45) is -0.586. The predicted octanol–water partition coefficient (Wildman–Crippen LogP) is 0.0117. The fraction of sp³-hybridized carbons (Fsp3) is 0.375. The second-order valence-electron chi connectivity index (χ2n) is 2.61. The summed E-state index contributed by atoms with van der Waals surface area (Å²) in [5, 5.41) is 2.55. The van der Waals surface area contributed by atoms with Gasteiger partial charge in [0.15, 0.2) is 0 Å². The van der Waals surface area contributed by atoms with Gasteiger partial charge in [-0.05, 0) is 6.92 Å². The highest BCUT2D eigenvalue weighted by atomic mass is 16.5. The third-order valence-electron chi connectivity index (χ3n) is 1.70. The van der Waals surface area contributed by atoms with Gasteiger partial charge in [-0.15, -0.1) is 5.10 Å². The average Bonchev–Trinajstić information content (AvgIpc) is 2.58. The van der Waals surface area contributed by atoms with Crippen LogP contribution < -0.4 is 5.10 Å². The lowest BCUT2D eigenvalue weighted by molar-refractivity contribution is -0.478. The first-order valence-corrected chi connectivity index (χ1v) is 3.88. The molecule has 0 saturated heterocycles. The van der Waals surface area contributed by atoms with Crippen molar-refractivity contribution in [2.24, 2.45) is 0 Å². The third kappa shape index (κ3) is 1.73. The van der Waals surface area contributed by atoms with Gasteiger partial charge in [0.05, 0.1) is 19.9 Å². The third-order valence-corrected chi connectivity index (χ3v) is 1.70. The zero-order valence-electron chi connectivity index (χ0n) is 8.16. The van der Waals surface area contributed by atoms with Gasteiger partial charge in [0.1, 0.15) is 0 Å². The lowest BCUT2D eigenvalue weighted by Gasteiger charge is -1.93. The first-order valence-electron chi connectivity index (χ1n) is 3.88. The topological polar surface area (TPSA) is 71.7 Å². The van der Waals surface area contributed by atoms with E-state index in [9.17, 15) is 9.59 Å². The lowest BCUT2D eigenvalue weighted by Crippen LogP contribution is -2.30. The van der Waals surface area contributed by atoms with E-state index in [4.69, 9.17) is 0 Å². The quantitative estimate of drug-likeness (QED) is 0.597. The number of nitrogens with zero attached hydrogens (tertiary/aromatic N) is 1. The molecule has 1 aromatic rings. The van der Waals surface area contributed by atoms with Gasteiger partial charge in [0, 0.05) is 6.07 Å². The molecular weight excluding hydrogens is 188 g/mol. The van der Waals surface area contributed by atoms with Crippen LogP contribution >= 0.6 is 0 Å². The molecule has 14 heavy (non-hydrogen) atoms. The van der Waals surface area contributed by atoms with Crippen LogP contribution in [-0.2, 0) is 9.47 Å². The van der Waals surface area contributed by atoms with E-state index in [0.717, 1.165) is 4.68 Å². The Balaban J connectivity index is 3.05. The summed E-state index contributed by atoms with van der Waals surface area (Å²) in [5.41, 5.74) is 0.771. The molecule has 0 aliphatic rings. The van der Waals surface area contributed by atoms with Gasteiger partial charge in [0.25, 0.3) is 0 Å². The molecule has 1 heterocycles. The van der Waals surface area contributed by atoms with Crippen molar-refractivity contribution in [1.29, 1.82) is 0 Å². The van der Waals surface area contributed by atoms with Crippen molar-refractivity contribution in [1.82, 2.24) is 4.68 Å². The van der Waals surface area contributed by atoms with Crippen LogP contribution in [0.1, 0.15) is 16.2 Å². The molecule has 1 rings (SSSR count). The molecule has 0 spiro atoms. The highest BCUT2D eigenvalue weighted by Gasteiger charge is 2.23. The molecular formula is C8H11N2O4+. The van der Waals surface area contributed by atoms with Gasteiger partial charge in [-0.2, -0.15) is 0 Å². The Hall–Kier alpha value is -1.85. The number of carbonyl (C=O) groups is 2. The molecule has 0 aliphatic carbocycles. The maximum absolute atomic E-state index is 11.1. The zero-order chi connectivity index (χ0) is 10.7. The first kappa shape index (κ1) is 10.2. The van der Waals surface area contributed by atoms with E-state index in [1.807, 2.05) is 0 Å². The van der Waals surface area contributed by atoms with Crippen molar-refractivity contribution in [3.63, 3.8) is 0 Å². The predicted molar refractivity (Wildman–Crippen MR) is 44.9 cm³/mol. The monoisotopic (exact) mass is 199 g/mol. The molecule has 0 atom stereocenters. The van der Waals surface area contributed by atoms with Gasteiger partial charge < -0.3 is 9.47 Å². The van der Waals surface area contributed by atoms with Crippen LogP contribution in [0, 0.1) is 6.92 Å². The number of nitrogens with one attached hydrogen (secondary N) is 1. The van der Waals surface area contributed by atoms with E-state index >= 15 is 0 Å². The number of aromatic nitrogens is 2. The smallest absolute Gasteiger partial charge is 0.461 e. The highest BCUT2D eigenvalue weighted by Crippen LogP contribution is 2.00. The molecule has 0 bridgehead atoms. The Morgan fingerprint density at radius 2 is 2.00 bits per heavy atom. The first-order chi connectivity index (χ1) is 6.60. The van der Waals surface area contributed by atoms with Crippen LogP contribution in [0.4, 0.5) is 4.79 Å². The van der Waals surface area contributed by atoms with Crippen molar-refractivity contribution in [3.05, 3.63) is 17.5 Å². The van der Waals surface area contributed by atoms with Gasteiger partial charge in [-0.25, -0.2) is 9.59 Å². The second kappa shape index (κ2) is 3.91. The summed E-state index contributed by atoms with van der Waals surface area (Å²) < 4.78 is 10.1. The molecule has 0 fully saturated rings. The lowest BCUT2D eigenvalue weighted by atomic mass is 10.4. The van der Waals surface area contributed by atoms with Crippen LogP contribution in [0.25, 0.3) is 0 Å². The minimum atomic E-state index is -0.586. The number of methoxy groups -OCH3 is 2. The largest absolute Gasteiger partial charge is 0.467 e. The molecule has 1 N–H and O–H groups in total. The SMILES string of the molecule is COC(=O)c1cc(C)n(C(=O)OC)[nH+]1. The highest BCUT2D eigenvalue weighted by molar-refractivity contribution is 5.86. The van der Waals surface area contributed by atoms with E-state index in [1.165, 1.54) is 20.3 Å². The van der Waals surface area contributed by atoms with E-state index in [2.05, 4.69) is 14.6 Å². The second-order valence-corrected chi connectivity index (χ2v) is 2.61. The molecule has 0 aliphatic heterocycles. The van der Waals surface area contributed by atoms with Crippen LogP contribution in [0.3, 0.4) is 0 Å². The Bertz CT molecular complexity index is 369. The van der Waals surface area contributed by atoms with E-state index < -0.39 is 12.1 Å². The standard InChI is InChI=1S/C8H10N2O4/c1-5-4-6(7(11)13-2)9-10(5)8(12)14-3/h4H,1-3H3/p+1. The van der Waals surface area contributed by atoms with E-state index in [0.29, 0.717) is 5.69 Å². The molecule has 76 valence electrons. The molecule has 6 heteroatoms. The van der Waals surface area contributed by atoms with Crippen molar-refractivity contribution >= 4 is 12.1 Å². The summed E-state index contributed by atoms with van der Waals surface area (Å²) in [6.45, 7) is 1.67. The maximum Gasteiger partial charge on any atom is 0.467 e. The normalized spacial score (nSPS) is 9.64. The van der Waals surface area contributed by atoms with E-state index in [1.54, 1.807) is 6.92 Å². The minimum Gasteiger partial charge on any atom is -0.461 e. The van der Waals surface area contributed by atoms with E-state index in [-0.39, 0.29) is 5.69 Å². The van der Waals surface area contributed by atoms with Gasteiger partial charge in [-0.3, -0.25) is 0 Å².